The Morgan fingerprint density at radius 2 is 1.27 bits per heavy atom. The fourth-order valence-electron chi connectivity index (χ4n) is 5.42. The maximum absolute atomic E-state index is 13.7. The molecule has 3 atom stereocenters. The highest BCUT2D eigenvalue weighted by atomic mass is 31.2. The van der Waals surface area contributed by atoms with Crippen molar-refractivity contribution >= 4 is 29.1 Å². The molecule has 3 aromatic rings. The first-order valence-electron chi connectivity index (χ1n) is 12.2. The first-order chi connectivity index (χ1) is 16.0. The molecule has 0 amide bonds. The topological polar surface area (TPSA) is 26.3 Å². The Hall–Kier alpha value is -2.44. The van der Waals surface area contributed by atoms with Crippen molar-refractivity contribution in [2.24, 2.45) is 17.8 Å². The van der Waals surface area contributed by atoms with E-state index in [-0.39, 0.29) is 12.1 Å². The second kappa shape index (κ2) is 10.7. The van der Waals surface area contributed by atoms with Gasteiger partial charge in [0.05, 0.1) is 0 Å². The van der Waals surface area contributed by atoms with Crippen molar-refractivity contribution < 1.29 is 9.53 Å². The van der Waals surface area contributed by atoms with E-state index < -0.39 is 7.26 Å². The summed E-state index contributed by atoms with van der Waals surface area (Å²) >= 11 is 0. The maximum Gasteiger partial charge on any atom is 0.345 e. The number of carbonyl (C=O) groups is 1. The number of rotatable bonds is 7. The average Bonchev–Trinajstić information content (AvgIpc) is 2.84. The molecule has 2 nitrogen and oxygen atoms in total. The van der Waals surface area contributed by atoms with Gasteiger partial charge in [-0.05, 0) is 67.0 Å². The minimum absolute atomic E-state index is 0.0190. The summed E-state index contributed by atoms with van der Waals surface area (Å²) in [5, 5.41) is 3.66. The Balaban J connectivity index is 1.75. The van der Waals surface area contributed by atoms with E-state index in [1.807, 2.05) is 18.2 Å². The zero-order valence-corrected chi connectivity index (χ0v) is 21.0. The predicted molar refractivity (Wildman–Crippen MR) is 141 cm³/mol. The molecule has 0 spiro atoms. The van der Waals surface area contributed by atoms with E-state index in [1.54, 1.807) is 0 Å². The largest absolute Gasteiger partial charge is 0.459 e. The highest BCUT2D eigenvalue weighted by Crippen LogP contribution is 2.55. The molecule has 3 aromatic carbocycles. The molecular formula is C30H36O2P+. The van der Waals surface area contributed by atoms with Crippen molar-refractivity contribution in [1.82, 2.24) is 0 Å². The molecule has 0 unspecified atom stereocenters. The highest BCUT2D eigenvalue weighted by molar-refractivity contribution is 7.96. The summed E-state index contributed by atoms with van der Waals surface area (Å²) in [4.78, 5) is 13.7. The second-order valence-corrected chi connectivity index (χ2v) is 13.3. The van der Waals surface area contributed by atoms with E-state index in [4.69, 9.17) is 4.74 Å². The van der Waals surface area contributed by atoms with E-state index in [1.165, 1.54) is 22.3 Å². The van der Waals surface area contributed by atoms with Crippen molar-refractivity contribution in [1.29, 1.82) is 0 Å². The van der Waals surface area contributed by atoms with Gasteiger partial charge >= 0.3 is 5.97 Å². The van der Waals surface area contributed by atoms with Crippen molar-refractivity contribution in [2.75, 3.05) is 6.16 Å². The van der Waals surface area contributed by atoms with Crippen molar-refractivity contribution in [2.45, 2.75) is 46.1 Å². The molecule has 1 aliphatic rings. The average molecular weight is 460 g/mol. The van der Waals surface area contributed by atoms with Gasteiger partial charge in [-0.15, -0.1) is 0 Å². The second-order valence-electron chi connectivity index (χ2n) is 9.83. The van der Waals surface area contributed by atoms with Gasteiger partial charge in [0.15, 0.2) is 6.16 Å². The van der Waals surface area contributed by atoms with Crippen molar-refractivity contribution in [3.05, 3.63) is 91.0 Å². The maximum atomic E-state index is 13.7. The molecule has 0 radical (unpaired) electrons. The molecule has 1 fully saturated rings. The molecule has 0 aliphatic heterocycles. The number of esters is 1. The number of hydrogen-bond donors (Lipinski definition) is 0. The Morgan fingerprint density at radius 1 is 0.818 bits per heavy atom. The molecule has 3 heteroatoms. The molecule has 1 saturated carbocycles. The lowest BCUT2D eigenvalue weighted by Crippen LogP contribution is -2.40. The zero-order chi connectivity index (χ0) is 23.3. The van der Waals surface area contributed by atoms with Gasteiger partial charge in [-0.3, -0.25) is 0 Å². The molecule has 0 heterocycles. The smallest absolute Gasteiger partial charge is 0.345 e. The monoisotopic (exact) mass is 459 g/mol. The van der Waals surface area contributed by atoms with Crippen LogP contribution in [0.15, 0.2) is 91.0 Å². The van der Waals surface area contributed by atoms with Crippen LogP contribution >= 0.6 is 7.26 Å². The molecule has 1 aliphatic carbocycles. The fraction of sp³-hybridized carbons (Fsp3) is 0.367. The first kappa shape index (κ1) is 23.7. The molecule has 0 saturated heterocycles. The van der Waals surface area contributed by atoms with E-state index in [0.29, 0.717) is 23.9 Å². The Labute approximate surface area is 199 Å². The van der Waals surface area contributed by atoms with E-state index in [2.05, 4.69) is 93.6 Å². The van der Waals surface area contributed by atoms with Crippen LogP contribution in [0.25, 0.3) is 0 Å². The van der Waals surface area contributed by atoms with Crippen LogP contribution in [-0.2, 0) is 9.53 Å². The van der Waals surface area contributed by atoms with Crippen LogP contribution in [-0.4, -0.2) is 18.2 Å². The molecule has 172 valence electrons. The zero-order valence-electron chi connectivity index (χ0n) is 20.1. The number of ether oxygens (including phenoxy) is 1. The normalized spacial score (nSPS) is 21.0. The molecule has 0 aromatic heterocycles. The van der Waals surface area contributed by atoms with Gasteiger partial charge in [-0.2, -0.15) is 0 Å². The van der Waals surface area contributed by atoms with Crippen LogP contribution in [0.3, 0.4) is 0 Å². The summed E-state index contributed by atoms with van der Waals surface area (Å²) in [5.41, 5.74) is 0. The summed E-state index contributed by atoms with van der Waals surface area (Å²) in [7, 11) is -2.21. The minimum Gasteiger partial charge on any atom is -0.459 e. The minimum atomic E-state index is -2.21. The van der Waals surface area contributed by atoms with Crippen LogP contribution in [0.5, 0.6) is 0 Å². The molecule has 0 bridgehead atoms. The summed E-state index contributed by atoms with van der Waals surface area (Å²) in [6, 6.07) is 31.7. The summed E-state index contributed by atoms with van der Waals surface area (Å²) < 4.78 is 6.34. The number of hydrogen-bond acceptors (Lipinski definition) is 2. The Kier molecular flexibility index (Phi) is 7.66. The van der Waals surface area contributed by atoms with E-state index >= 15 is 0 Å². The van der Waals surface area contributed by atoms with Gasteiger partial charge in [0, 0.05) is 0 Å². The van der Waals surface area contributed by atoms with Crippen LogP contribution in [0, 0.1) is 17.8 Å². The third-order valence-electron chi connectivity index (χ3n) is 7.20. The van der Waals surface area contributed by atoms with Crippen LogP contribution in [0.4, 0.5) is 0 Å². The SMILES string of the molecule is CC(C)[C@@H]1CC[C@H](C)C[C@H]1OC(=O)C[P+](c1ccccc1)(c1ccccc1)c1ccccc1. The van der Waals surface area contributed by atoms with Crippen LogP contribution in [0.2, 0.25) is 0 Å². The van der Waals surface area contributed by atoms with Gasteiger partial charge in [-0.1, -0.05) is 81.8 Å². The van der Waals surface area contributed by atoms with Gasteiger partial charge in [-0.25, -0.2) is 4.79 Å². The fourth-order valence-corrected chi connectivity index (χ4v) is 9.37. The lowest BCUT2D eigenvalue weighted by atomic mass is 9.75. The summed E-state index contributed by atoms with van der Waals surface area (Å²) in [6.07, 6.45) is 3.76. The van der Waals surface area contributed by atoms with Gasteiger partial charge in [0.1, 0.15) is 29.3 Å². The quantitative estimate of drug-likeness (QED) is 0.321. The number of benzene rings is 3. The van der Waals surface area contributed by atoms with E-state index in [0.717, 1.165) is 12.8 Å². The molecule has 33 heavy (non-hydrogen) atoms. The third kappa shape index (κ3) is 5.22. The first-order valence-corrected chi connectivity index (χ1v) is 14.2. The Bertz CT molecular complexity index is 920. The van der Waals surface area contributed by atoms with Crippen LogP contribution in [0.1, 0.15) is 40.0 Å². The predicted octanol–water partition coefficient (Wildman–Crippen LogP) is 5.98. The van der Waals surface area contributed by atoms with Gasteiger partial charge in [0.2, 0.25) is 0 Å². The molecule has 4 rings (SSSR count). The van der Waals surface area contributed by atoms with Gasteiger partial charge in [0.25, 0.3) is 0 Å². The third-order valence-corrected chi connectivity index (χ3v) is 11.5. The van der Waals surface area contributed by atoms with E-state index in [9.17, 15) is 4.79 Å². The van der Waals surface area contributed by atoms with Crippen molar-refractivity contribution in [3.63, 3.8) is 0 Å². The Morgan fingerprint density at radius 3 is 1.70 bits per heavy atom. The lowest BCUT2D eigenvalue weighted by Gasteiger charge is -2.37. The molecular weight excluding hydrogens is 423 g/mol. The van der Waals surface area contributed by atoms with Crippen LogP contribution < -0.4 is 15.9 Å². The molecule has 0 N–H and O–H groups in total. The highest BCUT2D eigenvalue weighted by Gasteiger charge is 2.48. The van der Waals surface area contributed by atoms with Crippen molar-refractivity contribution in [3.8, 4) is 0 Å². The van der Waals surface area contributed by atoms with Gasteiger partial charge < -0.3 is 4.74 Å². The number of carbonyl (C=O) groups excluding carboxylic acids is 1. The standard InChI is InChI=1S/C30H36O2P/c1-23(2)28-20-19-24(3)21-29(28)32-30(31)22-33(25-13-7-4-8-14-25,26-15-9-5-10-16-26)27-17-11-6-12-18-27/h4-18,23-24,28-29H,19-22H2,1-3H3/q+1/t24-,28-,29+/m0/s1. The lowest BCUT2D eigenvalue weighted by molar-refractivity contribution is -0.152. The summed E-state index contributed by atoms with van der Waals surface area (Å²) in [5.74, 6) is 1.51. The summed E-state index contributed by atoms with van der Waals surface area (Å²) in [6.45, 7) is 6.81.